The summed E-state index contributed by atoms with van der Waals surface area (Å²) in [5, 5.41) is 4.11. The average Bonchev–Trinajstić information content (AvgIpc) is 3.37. The quantitative estimate of drug-likeness (QED) is 0.587. The predicted molar refractivity (Wildman–Crippen MR) is 106 cm³/mol. The molecule has 2 heterocycles. The number of hydrogen-bond donors (Lipinski definition) is 0. The van der Waals surface area contributed by atoms with Crippen molar-refractivity contribution >= 4 is 21.8 Å². The molecule has 3 aromatic rings. The summed E-state index contributed by atoms with van der Waals surface area (Å²) in [6.07, 6.45) is 2.72. The third kappa shape index (κ3) is 3.67. The fourth-order valence-electron chi connectivity index (χ4n) is 3.40. The summed E-state index contributed by atoms with van der Waals surface area (Å²) in [5.74, 6) is 1.07. The fourth-order valence-corrected chi connectivity index (χ4v) is 3.67. The van der Waals surface area contributed by atoms with Crippen LogP contribution in [0, 0.1) is 0 Å². The number of carbonyl (C=O) groups is 1. The molecule has 0 bridgehead atoms. The molecule has 1 aliphatic rings. The van der Waals surface area contributed by atoms with Gasteiger partial charge in [0.2, 0.25) is 11.7 Å². The Balaban J connectivity index is 1.56. The number of nitrogens with zero attached hydrogens (tertiary/aromatic N) is 3. The second-order valence-electron chi connectivity index (χ2n) is 6.67. The van der Waals surface area contributed by atoms with Crippen molar-refractivity contribution in [2.24, 2.45) is 0 Å². The molecule has 27 heavy (non-hydrogen) atoms. The van der Waals surface area contributed by atoms with Gasteiger partial charge in [-0.25, -0.2) is 0 Å². The van der Waals surface area contributed by atoms with Gasteiger partial charge >= 0.3 is 0 Å². The maximum Gasteiger partial charge on any atom is 0.254 e. The maximum atomic E-state index is 13.0. The molecule has 1 fully saturated rings. The third-order valence-corrected chi connectivity index (χ3v) is 5.48. The van der Waals surface area contributed by atoms with Crippen LogP contribution in [-0.2, 0) is 6.42 Å². The van der Waals surface area contributed by atoms with Crippen LogP contribution in [0.4, 0.5) is 0 Å². The van der Waals surface area contributed by atoms with Crippen LogP contribution in [0.25, 0.3) is 11.4 Å². The minimum absolute atomic E-state index is 0.0172. The van der Waals surface area contributed by atoms with Crippen molar-refractivity contribution in [1.29, 1.82) is 0 Å². The summed E-state index contributed by atoms with van der Waals surface area (Å²) < 4.78 is 6.52. The van der Waals surface area contributed by atoms with Gasteiger partial charge < -0.3 is 9.42 Å². The number of carbonyl (C=O) groups excluding carboxylic acids is 1. The molecule has 1 aliphatic heterocycles. The molecule has 0 spiro atoms. The Morgan fingerprint density at radius 2 is 1.93 bits per heavy atom. The van der Waals surface area contributed by atoms with Gasteiger partial charge in [-0.15, -0.1) is 0 Å². The van der Waals surface area contributed by atoms with Gasteiger partial charge in [-0.2, -0.15) is 4.98 Å². The molecule has 138 valence electrons. The van der Waals surface area contributed by atoms with E-state index in [1.807, 2.05) is 53.4 Å². The van der Waals surface area contributed by atoms with E-state index in [9.17, 15) is 4.79 Å². The summed E-state index contributed by atoms with van der Waals surface area (Å²) >= 11 is 3.42. The van der Waals surface area contributed by atoms with E-state index >= 15 is 0 Å². The van der Waals surface area contributed by atoms with Crippen molar-refractivity contribution in [3.8, 4) is 11.4 Å². The number of aryl methyl sites for hydroxylation is 1. The van der Waals surface area contributed by atoms with E-state index in [4.69, 9.17) is 4.52 Å². The predicted octanol–water partition coefficient (Wildman–Crippen LogP) is 5.04. The molecule has 0 radical (unpaired) electrons. The van der Waals surface area contributed by atoms with Gasteiger partial charge in [0.05, 0.1) is 0 Å². The molecular weight excluding hydrogens is 406 g/mol. The van der Waals surface area contributed by atoms with Crippen LogP contribution in [0.2, 0.25) is 0 Å². The van der Waals surface area contributed by atoms with Crippen LogP contribution >= 0.6 is 15.9 Å². The lowest BCUT2D eigenvalue weighted by Crippen LogP contribution is -2.30. The normalized spacial score (nSPS) is 16.7. The maximum absolute atomic E-state index is 13.0. The molecule has 2 aromatic carbocycles. The van der Waals surface area contributed by atoms with Crippen molar-refractivity contribution < 1.29 is 9.32 Å². The first-order chi connectivity index (χ1) is 13.2. The Labute approximate surface area is 166 Å². The third-order valence-electron chi connectivity index (χ3n) is 4.95. The highest BCUT2D eigenvalue weighted by Crippen LogP contribution is 2.33. The highest BCUT2D eigenvalue weighted by molar-refractivity contribution is 9.10. The second kappa shape index (κ2) is 7.64. The van der Waals surface area contributed by atoms with Crippen molar-refractivity contribution in [3.05, 3.63) is 70.0 Å². The molecule has 1 aromatic heterocycles. The van der Waals surface area contributed by atoms with Gasteiger partial charge in [-0.1, -0.05) is 40.1 Å². The van der Waals surface area contributed by atoms with Gasteiger partial charge in [-0.3, -0.25) is 4.79 Å². The van der Waals surface area contributed by atoms with Crippen molar-refractivity contribution in [3.63, 3.8) is 0 Å². The smallest absolute Gasteiger partial charge is 0.254 e. The lowest BCUT2D eigenvalue weighted by atomic mass is 10.1. The molecule has 1 unspecified atom stereocenters. The van der Waals surface area contributed by atoms with Gasteiger partial charge in [0.15, 0.2) is 0 Å². The first kappa shape index (κ1) is 17.9. The van der Waals surface area contributed by atoms with Crippen LogP contribution in [0.1, 0.15) is 47.6 Å². The molecule has 1 saturated heterocycles. The van der Waals surface area contributed by atoms with Crippen LogP contribution in [0.15, 0.2) is 57.5 Å². The zero-order chi connectivity index (χ0) is 18.8. The standard InChI is InChI=1S/C21H20BrN3O2/c1-2-14-5-7-16(8-6-14)21(26)25-13-3-4-18(25)20-23-19(24-27-20)15-9-11-17(22)12-10-15/h5-12,18H,2-4,13H2,1H3. The van der Waals surface area contributed by atoms with Gasteiger partial charge in [0, 0.05) is 22.1 Å². The fraction of sp³-hybridized carbons (Fsp3) is 0.286. The molecule has 1 amide bonds. The van der Waals surface area contributed by atoms with E-state index in [-0.39, 0.29) is 11.9 Å². The van der Waals surface area contributed by atoms with E-state index in [2.05, 4.69) is 33.0 Å². The lowest BCUT2D eigenvalue weighted by Gasteiger charge is -2.22. The van der Waals surface area contributed by atoms with Gasteiger partial charge in [0.1, 0.15) is 6.04 Å². The highest BCUT2D eigenvalue weighted by atomic mass is 79.9. The molecule has 0 N–H and O–H groups in total. The van der Waals surface area contributed by atoms with E-state index < -0.39 is 0 Å². The molecule has 6 heteroatoms. The first-order valence-corrected chi connectivity index (χ1v) is 9.94. The van der Waals surface area contributed by atoms with Gasteiger partial charge in [-0.05, 0) is 61.2 Å². The second-order valence-corrected chi connectivity index (χ2v) is 7.59. The topological polar surface area (TPSA) is 59.2 Å². The monoisotopic (exact) mass is 425 g/mol. The van der Waals surface area contributed by atoms with E-state index in [0.29, 0.717) is 23.8 Å². The summed E-state index contributed by atoms with van der Waals surface area (Å²) in [6.45, 7) is 2.81. The Kier molecular flexibility index (Phi) is 5.07. The molecule has 1 atom stereocenters. The summed E-state index contributed by atoms with van der Waals surface area (Å²) in [5.41, 5.74) is 2.81. The summed E-state index contributed by atoms with van der Waals surface area (Å²) in [4.78, 5) is 19.4. The SMILES string of the molecule is CCc1ccc(C(=O)N2CCCC2c2nc(-c3ccc(Br)cc3)no2)cc1. The van der Waals surface area contributed by atoms with E-state index in [1.54, 1.807) is 0 Å². The molecule has 4 rings (SSSR count). The Bertz CT molecular complexity index is 935. The molecular formula is C21H20BrN3O2. The zero-order valence-electron chi connectivity index (χ0n) is 15.1. The minimum Gasteiger partial charge on any atom is -0.337 e. The minimum atomic E-state index is -0.167. The number of hydrogen-bond acceptors (Lipinski definition) is 4. The van der Waals surface area contributed by atoms with E-state index in [1.165, 1.54) is 5.56 Å². The Morgan fingerprint density at radius 1 is 1.19 bits per heavy atom. The van der Waals surface area contributed by atoms with Crippen molar-refractivity contribution in [2.75, 3.05) is 6.54 Å². The number of rotatable bonds is 4. The number of halogens is 1. The lowest BCUT2D eigenvalue weighted by molar-refractivity contribution is 0.0710. The zero-order valence-corrected chi connectivity index (χ0v) is 16.6. The van der Waals surface area contributed by atoms with Gasteiger partial charge in [0.25, 0.3) is 5.91 Å². The van der Waals surface area contributed by atoms with Crippen LogP contribution < -0.4 is 0 Å². The van der Waals surface area contributed by atoms with Crippen LogP contribution in [-0.4, -0.2) is 27.5 Å². The van der Waals surface area contributed by atoms with E-state index in [0.717, 1.165) is 29.3 Å². The number of benzene rings is 2. The van der Waals surface area contributed by atoms with Crippen molar-refractivity contribution in [1.82, 2.24) is 15.0 Å². The number of aromatic nitrogens is 2. The number of amides is 1. The Hall–Kier alpha value is -2.47. The number of likely N-dealkylation sites (tertiary alicyclic amines) is 1. The van der Waals surface area contributed by atoms with Crippen molar-refractivity contribution in [2.45, 2.75) is 32.2 Å². The molecule has 5 nitrogen and oxygen atoms in total. The van der Waals surface area contributed by atoms with Crippen LogP contribution in [0.5, 0.6) is 0 Å². The molecule has 0 saturated carbocycles. The average molecular weight is 426 g/mol. The summed E-state index contributed by atoms with van der Waals surface area (Å²) in [7, 11) is 0. The highest BCUT2D eigenvalue weighted by Gasteiger charge is 2.34. The Morgan fingerprint density at radius 3 is 2.63 bits per heavy atom. The summed E-state index contributed by atoms with van der Waals surface area (Å²) in [6, 6.07) is 15.4. The van der Waals surface area contributed by atoms with Crippen LogP contribution in [0.3, 0.4) is 0 Å². The largest absolute Gasteiger partial charge is 0.337 e. The molecule has 0 aliphatic carbocycles. The first-order valence-electron chi connectivity index (χ1n) is 9.15.